The minimum absolute atomic E-state index is 0.0929. The van der Waals surface area contributed by atoms with Crippen molar-refractivity contribution in [1.82, 2.24) is 4.31 Å². The zero-order valence-electron chi connectivity index (χ0n) is 10.9. The van der Waals surface area contributed by atoms with Gasteiger partial charge in [-0.05, 0) is 30.9 Å². The van der Waals surface area contributed by atoms with Crippen molar-refractivity contribution in [3.05, 3.63) is 17.0 Å². The van der Waals surface area contributed by atoms with E-state index in [1.807, 2.05) is 0 Å². The molecule has 20 heavy (non-hydrogen) atoms. The number of rotatable bonds is 5. The molecule has 0 aromatic carbocycles. The van der Waals surface area contributed by atoms with Crippen molar-refractivity contribution in [3.8, 4) is 0 Å². The van der Waals surface area contributed by atoms with E-state index in [4.69, 9.17) is 10.2 Å². The number of piperidine rings is 1. The quantitative estimate of drug-likeness (QED) is 0.836. The lowest BCUT2D eigenvalue weighted by Gasteiger charge is -2.29. The normalized spacial score (nSPS) is 18.2. The Morgan fingerprint density at radius 2 is 2.00 bits per heavy atom. The van der Waals surface area contributed by atoms with E-state index in [1.54, 1.807) is 6.07 Å². The van der Waals surface area contributed by atoms with Gasteiger partial charge in [0.05, 0.1) is 6.42 Å². The highest BCUT2D eigenvalue weighted by Gasteiger charge is 2.30. The van der Waals surface area contributed by atoms with Crippen LogP contribution in [0.15, 0.2) is 16.3 Å². The minimum atomic E-state index is -3.53. The smallest absolute Gasteiger partial charge is 0.308 e. The molecule has 1 saturated heterocycles. The highest BCUT2D eigenvalue weighted by molar-refractivity contribution is 7.91. The molecule has 8 heteroatoms. The number of thiophene rings is 1. The van der Waals surface area contributed by atoms with Gasteiger partial charge < -0.3 is 10.2 Å². The molecule has 1 aromatic rings. The summed E-state index contributed by atoms with van der Waals surface area (Å²) in [7, 11) is -3.53. The van der Waals surface area contributed by atoms with E-state index in [1.165, 1.54) is 10.4 Å². The summed E-state index contributed by atoms with van der Waals surface area (Å²) in [5.41, 5.74) is 0. The molecule has 2 N–H and O–H groups in total. The number of aliphatic hydroxyl groups excluding tert-OH is 1. The Labute approximate surface area is 121 Å². The largest absolute Gasteiger partial charge is 0.481 e. The molecule has 0 amide bonds. The van der Waals surface area contributed by atoms with E-state index >= 15 is 0 Å². The number of carboxylic acids is 1. The molecule has 1 fully saturated rings. The van der Waals surface area contributed by atoms with Gasteiger partial charge in [-0.2, -0.15) is 4.31 Å². The summed E-state index contributed by atoms with van der Waals surface area (Å²) in [5, 5.41) is 17.8. The number of hydrogen-bond acceptors (Lipinski definition) is 5. The topological polar surface area (TPSA) is 94.9 Å². The summed E-state index contributed by atoms with van der Waals surface area (Å²) in [4.78, 5) is 11.2. The van der Waals surface area contributed by atoms with Crippen LogP contribution in [0.3, 0.4) is 0 Å². The summed E-state index contributed by atoms with van der Waals surface area (Å²) in [6.07, 6.45) is 1.15. The van der Waals surface area contributed by atoms with Crippen molar-refractivity contribution < 1.29 is 23.4 Å². The molecule has 0 unspecified atom stereocenters. The van der Waals surface area contributed by atoms with Crippen molar-refractivity contribution in [2.75, 3.05) is 19.7 Å². The van der Waals surface area contributed by atoms with Gasteiger partial charge in [0.1, 0.15) is 4.21 Å². The Kier molecular flexibility index (Phi) is 4.79. The van der Waals surface area contributed by atoms with Gasteiger partial charge in [0.2, 0.25) is 0 Å². The number of hydrogen-bond donors (Lipinski definition) is 2. The van der Waals surface area contributed by atoms with Crippen LogP contribution in [0.5, 0.6) is 0 Å². The highest BCUT2D eigenvalue weighted by atomic mass is 32.2. The van der Waals surface area contributed by atoms with Crippen LogP contribution in [0.2, 0.25) is 0 Å². The average molecular weight is 319 g/mol. The van der Waals surface area contributed by atoms with E-state index in [9.17, 15) is 13.2 Å². The van der Waals surface area contributed by atoms with Gasteiger partial charge in [-0.1, -0.05) is 0 Å². The first-order chi connectivity index (χ1) is 9.43. The number of nitrogens with zero attached hydrogens (tertiary/aromatic N) is 1. The molecule has 1 aliphatic rings. The summed E-state index contributed by atoms with van der Waals surface area (Å²) < 4.78 is 26.4. The van der Waals surface area contributed by atoms with Gasteiger partial charge in [0.25, 0.3) is 10.0 Å². The Bertz CT molecular complexity index is 572. The summed E-state index contributed by atoms with van der Waals surface area (Å²) >= 11 is 1.01. The lowest BCUT2D eigenvalue weighted by Crippen LogP contribution is -2.38. The second kappa shape index (κ2) is 6.21. The third-order valence-electron chi connectivity index (χ3n) is 3.39. The molecule has 0 radical (unpaired) electrons. The fourth-order valence-electron chi connectivity index (χ4n) is 2.20. The highest BCUT2D eigenvalue weighted by Crippen LogP contribution is 2.28. The predicted molar refractivity (Wildman–Crippen MR) is 74.2 cm³/mol. The molecule has 0 aliphatic carbocycles. The van der Waals surface area contributed by atoms with Crippen LogP contribution in [0, 0.1) is 5.92 Å². The van der Waals surface area contributed by atoms with E-state index in [-0.39, 0.29) is 23.2 Å². The lowest BCUT2D eigenvalue weighted by molar-refractivity contribution is -0.136. The molecule has 112 valence electrons. The van der Waals surface area contributed by atoms with Gasteiger partial charge >= 0.3 is 5.97 Å². The third kappa shape index (κ3) is 3.38. The molecule has 0 saturated carbocycles. The van der Waals surface area contributed by atoms with Gasteiger partial charge in [-0.15, -0.1) is 11.3 Å². The van der Waals surface area contributed by atoms with Crippen LogP contribution in [0.25, 0.3) is 0 Å². The minimum Gasteiger partial charge on any atom is -0.481 e. The molecule has 0 atom stereocenters. The fourth-order valence-corrected chi connectivity index (χ4v) is 5.17. The maximum absolute atomic E-state index is 12.4. The Morgan fingerprint density at radius 1 is 1.35 bits per heavy atom. The van der Waals surface area contributed by atoms with Crippen molar-refractivity contribution in [3.63, 3.8) is 0 Å². The van der Waals surface area contributed by atoms with Crippen molar-refractivity contribution in [2.45, 2.75) is 23.5 Å². The van der Waals surface area contributed by atoms with Crippen molar-refractivity contribution >= 4 is 27.3 Å². The summed E-state index contributed by atoms with van der Waals surface area (Å²) in [6.45, 7) is 0.898. The molecule has 1 aromatic heterocycles. The maximum atomic E-state index is 12.4. The zero-order chi connectivity index (χ0) is 14.8. The molecular formula is C12H17NO5S2. The maximum Gasteiger partial charge on any atom is 0.308 e. The van der Waals surface area contributed by atoms with Gasteiger partial charge in [0.15, 0.2) is 0 Å². The first-order valence-corrected chi connectivity index (χ1v) is 8.60. The van der Waals surface area contributed by atoms with Crippen LogP contribution in [-0.2, 0) is 21.2 Å². The van der Waals surface area contributed by atoms with Gasteiger partial charge in [-0.25, -0.2) is 8.42 Å². The second-order valence-electron chi connectivity index (χ2n) is 4.82. The van der Waals surface area contributed by atoms with Gasteiger partial charge in [0, 0.05) is 24.6 Å². The number of aliphatic hydroxyl groups is 1. The molecule has 6 nitrogen and oxygen atoms in total. The zero-order valence-corrected chi connectivity index (χ0v) is 12.5. The molecule has 1 aliphatic heterocycles. The number of carboxylic acid groups (broad SMARTS) is 1. The molecule has 2 heterocycles. The summed E-state index contributed by atoms with van der Waals surface area (Å²) in [5.74, 6) is -0.799. The molecule has 0 bridgehead atoms. The molecule has 0 spiro atoms. The lowest BCUT2D eigenvalue weighted by atomic mass is 10.00. The Balaban J connectivity index is 2.10. The van der Waals surface area contributed by atoms with E-state index in [0.29, 0.717) is 30.8 Å². The van der Waals surface area contributed by atoms with Crippen LogP contribution < -0.4 is 0 Å². The number of aliphatic carboxylic acids is 1. The first kappa shape index (κ1) is 15.4. The number of sulfonamides is 1. The van der Waals surface area contributed by atoms with Crippen LogP contribution in [-0.4, -0.2) is 48.6 Å². The Hall–Kier alpha value is -0.960. The van der Waals surface area contributed by atoms with E-state index < -0.39 is 16.0 Å². The van der Waals surface area contributed by atoms with Crippen LogP contribution in [0.4, 0.5) is 0 Å². The van der Waals surface area contributed by atoms with Crippen molar-refractivity contribution in [1.29, 1.82) is 0 Å². The first-order valence-electron chi connectivity index (χ1n) is 6.35. The molecular weight excluding hydrogens is 302 g/mol. The average Bonchev–Trinajstić information content (AvgIpc) is 2.87. The van der Waals surface area contributed by atoms with E-state index in [2.05, 4.69) is 0 Å². The van der Waals surface area contributed by atoms with Crippen LogP contribution >= 0.6 is 11.3 Å². The Morgan fingerprint density at radius 3 is 2.55 bits per heavy atom. The van der Waals surface area contributed by atoms with Gasteiger partial charge in [-0.3, -0.25) is 4.79 Å². The van der Waals surface area contributed by atoms with Crippen LogP contribution in [0.1, 0.15) is 17.7 Å². The second-order valence-corrected chi connectivity index (χ2v) is 8.15. The van der Waals surface area contributed by atoms with Crippen molar-refractivity contribution in [2.24, 2.45) is 5.92 Å². The third-order valence-corrected chi connectivity index (χ3v) is 6.84. The SMILES string of the molecule is O=C(O)Cc1ccc(S(=O)(=O)N2CCC(CO)CC2)s1. The van der Waals surface area contributed by atoms with E-state index in [0.717, 1.165) is 11.3 Å². The number of carbonyl (C=O) groups is 1. The fraction of sp³-hybridized carbons (Fsp3) is 0.583. The summed E-state index contributed by atoms with van der Waals surface area (Å²) in [6, 6.07) is 3.02. The molecule has 2 rings (SSSR count). The standard InChI is InChI=1S/C12H17NO5S2/c14-8-9-3-5-13(6-4-9)20(17,18)12-2-1-10(19-12)7-11(15)16/h1-2,9,14H,3-8H2,(H,15,16). The predicted octanol–water partition coefficient (Wildman–Crippen LogP) is 0.768. The monoisotopic (exact) mass is 319 g/mol.